The Morgan fingerprint density at radius 3 is 2.59 bits per heavy atom. The zero-order chi connectivity index (χ0) is 15.2. The van der Waals surface area contributed by atoms with Gasteiger partial charge in [0.15, 0.2) is 5.96 Å². The summed E-state index contributed by atoms with van der Waals surface area (Å²) in [5, 5.41) is 4.11. The van der Waals surface area contributed by atoms with Gasteiger partial charge in [-0.15, -0.1) is 24.0 Å². The SMILES string of the molecule is CN=C(NCc1ccccc1Cl)N(C)Cc1cccn1C.I. The molecule has 1 aromatic heterocycles. The highest BCUT2D eigenvalue weighted by atomic mass is 127. The maximum Gasteiger partial charge on any atom is 0.194 e. The summed E-state index contributed by atoms with van der Waals surface area (Å²) in [6.07, 6.45) is 2.04. The molecule has 0 saturated carbocycles. The molecular weight excluding hydrogens is 411 g/mol. The van der Waals surface area contributed by atoms with Gasteiger partial charge in [-0.1, -0.05) is 29.8 Å². The van der Waals surface area contributed by atoms with Crippen LogP contribution in [0.25, 0.3) is 0 Å². The molecule has 0 fully saturated rings. The normalized spacial score (nSPS) is 11.0. The highest BCUT2D eigenvalue weighted by Gasteiger charge is 2.08. The second-order valence-corrected chi connectivity index (χ2v) is 5.37. The van der Waals surface area contributed by atoms with Gasteiger partial charge in [-0.05, 0) is 23.8 Å². The Hall–Kier alpha value is -1.21. The number of hydrogen-bond donors (Lipinski definition) is 1. The van der Waals surface area contributed by atoms with E-state index in [1.54, 1.807) is 7.05 Å². The number of hydrogen-bond acceptors (Lipinski definition) is 1. The number of guanidine groups is 1. The van der Waals surface area contributed by atoms with Crippen LogP contribution in [0.3, 0.4) is 0 Å². The van der Waals surface area contributed by atoms with Gasteiger partial charge in [0, 0.05) is 44.6 Å². The number of rotatable bonds is 4. The fourth-order valence-corrected chi connectivity index (χ4v) is 2.38. The average molecular weight is 433 g/mol. The summed E-state index contributed by atoms with van der Waals surface area (Å²) in [6.45, 7) is 1.45. The Kier molecular flexibility index (Phi) is 7.75. The number of aryl methyl sites for hydroxylation is 1. The molecule has 4 nitrogen and oxygen atoms in total. The van der Waals surface area contributed by atoms with Gasteiger partial charge in [-0.2, -0.15) is 0 Å². The van der Waals surface area contributed by atoms with Crippen molar-refractivity contribution in [2.75, 3.05) is 14.1 Å². The van der Waals surface area contributed by atoms with Crippen molar-refractivity contribution in [2.45, 2.75) is 13.1 Å². The van der Waals surface area contributed by atoms with Gasteiger partial charge < -0.3 is 14.8 Å². The number of benzene rings is 1. The van der Waals surface area contributed by atoms with E-state index in [1.807, 2.05) is 50.6 Å². The molecule has 0 aliphatic rings. The largest absolute Gasteiger partial charge is 0.353 e. The van der Waals surface area contributed by atoms with Gasteiger partial charge in [-0.3, -0.25) is 4.99 Å². The summed E-state index contributed by atoms with van der Waals surface area (Å²) in [5.41, 5.74) is 2.30. The van der Waals surface area contributed by atoms with Crippen LogP contribution in [0.1, 0.15) is 11.3 Å². The van der Waals surface area contributed by atoms with Crippen molar-refractivity contribution >= 4 is 41.5 Å². The fourth-order valence-electron chi connectivity index (χ4n) is 2.18. The lowest BCUT2D eigenvalue weighted by Crippen LogP contribution is -2.38. The molecule has 120 valence electrons. The Labute approximate surface area is 154 Å². The molecule has 0 unspecified atom stereocenters. The predicted octanol–water partition coefficient (Wildman–Crippen LogP) is 3.50. The van der Waals surface area contributed by atoms with Crippen LogP contribution in [0.15, 0.2) is 47.6 Å². The number of nitrogens with zero attached hydrogens (tertiary/aromatic N) is 3. The van der Waals surface area contributed by atoms with Crippen molar-refractivity contribution in [3.8, 4) is 0 Å². The Balaban J connectivity index is 0.00000242. The van der Waals surface area contributed by atoms with Crippen molar-refractivity contribution in [1.29, 1.82) is 0 Å². The van der Waals surface area contributed by atoms with Crippen LogP contribution < -0.4 is 5.32 Å². The molecule has 2 rings (SSSR count). The van der Waals surface area contributed by atoms with Gasteiger partial charge in [0.25, 0.3) is 0 Å². The second-order valence-electron chi connectivity index (χ2n) is 4.96. The number of aromatic nitrogens is 1. The fraction of sp³-hybridized carbons (Fsp3) is 0.312. The van der Waals surface area contributed by atoms with Gasteiger partial charge >= 0.3 is 0 Å². The molecule has 0 radical (unpaired) electrons. The summed E-state index contributed by atoms with van der Waals surface area (Å²) in [6, 6.07) is 12.0. The first-order valence-corrected chi connectivity index (χ1v) is 7.25. The van der Waals surface area contributed by atoms with E-state index in [1.165, 1.54) is 5.69 Å². The summed E-state index contributed by atoms with van der Waals surface area (Å²) in [4.78, 5) is 6.41. The van der Waals surface area contributed by atoms with E-state index in [2.05, 4.69) is 25.8 Å². The summed E-state index contributed by atoms with van der Waals surface area (Å²) >= 11 is 6.17. The maximum atomic E-state index is 6.17. The molecule has 2 aromatic rings. The molecule has 0 aliphatic heterocycles. The van der Waals surface area contributed by atoms with E-state index in [9.17, 15) is 0 Å². The monoisotopic (exact) mass is 432 g/mol. The van der Waals surface area contributed by atoms with E-state index in [0.717, 1.165) is 23.1 Å². The molecule has 0 spiro atoms. The number of halogens is 2. The minimum Gasteiger partial charge on any atom is -0.353 e. The van der Waals surface area contributed by atoms with E-state index in [4.69, 9.17) is 11.6 Å². The quantitative estimate of drug-likeness (QED) is 0.456. The molecule has 1 heterocycles. The van der Waals surface area contributed by atoms with Crippen molar-refractivity contribution in [1.82, 2.24) is 14.8 Å². The highest BCUT2D eigenvalue weighted by molar-refractivity contribution is 14.0. The lowest BCUT2D eigenvalue weighted by molar-refractivity contribution is 0.462. The smallest absolute Gasteiger partial charge is 0.194 e. The number of aliphatic imine (C=N–C) groups is 1. The predicted molar refractivity (Wildman–Crippen MR) is 104 cm³/mol. The number of nitrogens with one attached hydrogen (secondary N) is 1. The molecule has 22 heavy (non-hydrogen) atoms. The highest BCUT2D eigenvalue weighted by Crippen LogP contribution is 2.14. The van der Waals surface area contributed by atoms with Crippen LogP contribution in [-0.4, -0.2) is 29.5 Å². The first-order valence-electron chi connectivity index (χ1n) is 6.87. The van der Waals surface area contributed by atoms with Gasteiger partial charge in [0.1, 0.15) is 0 Å². The first-order chi connectivity index (χ1) is 10.1. The van der Waals surface area contributed by atoms with Crippen molar-refractivity contribution in [3.63, 3.8) is 0 Å². The van der Waals surface area contributed by atoms with Crippen LogP contribution >= 0.6 is 35.6 Å². The Bertz CT molecular complexity index is 624. The van der Waals surface area contributed by atoms with Crippen LogP contribution in [0.5, 0.6) is 0 Å². The minimum atomic E-state index is 0. The van der Waals surface area contributed by atoms with Gasteiger partial charge in [0.05, 0.1) is 6.54 Å². The zero-order valence-electron chi connectivity index (χ0n) is 13.1. The van der Waals surface area contributed by atoms with Crippen LogP contribution in [0.4, 0.5) is 0 Å². The molecule has 0 atom stereocenters. The minimum absolute atomic E-state index is 0. The molecule has 1 aromatic carbocycles. The molecule has 6 heteroatoms. The van der Waals surface area contributed by atoms with E-state index < -0.39 is 0 Å². The van der Waals surface area contributed by atoms with E-state index in [-0.39, 0.29) is 24.0 Å². The lowest BCUT2D eigenvalue weighted by Gasteiger charge is -2.22. The van der Waals surface area contributed by atoms with E-state index >= 15 is 0 Å². The van der Waals surface area contributed by atoms with Crippen LogP contribution in [0.2, 0.25) is 5.02 Å². The first kappa shape index (κ1) is 18.8. The molecule has 1 N–H and O–H groups in total. The summed E-state index contributed by atoms with van der Waals surface area (Å²) in [5.74, 6) is 0.844. The molecule has 0 aliphatic carbocycles. The lowest BCUT2D eigenvalue weighted by atomic mass is 10.2. The van der Waals surface area contributed by atoms with Crippen LogP contribution in [0, 0.1) is 0 Å². The molecule has 0 bridgehead atoms. The van der Waals surface area contributed by atoms with E-state index in [0.29, 0.717) is 6.54 Å². The van der Waals surface area contributed by atoms with Gasteiger partial charge in [-0.25, -0.2) is 0 Å². The average Bonchev–Trinajstić information content (AvgIpc) is 2.87. The summed E-state index contributed by atoms with van der Waals surface area (Å²) in [7, 11) is 5.86. The van der Waals surface area contributed by atoms with Crippen molar-refractivity contribution in [2.24, 2.45) is 12.0 Å². The van der Waals surface area contributed by atoms with Crippen LogP contribution in [-0.2, 0) is 20.1 Å². The van der Waals surface area contributed by atoms with Crippen molar-refractivity contribution < 1.29 is 0 Å². The zero-order valence-corrected chi connectivity index (χ0v) is 16.2. The molecule has 0 amide bonds. The summed E-state index contributed by atoms with van der Waals surface area (Å²) < 4.78 is 2.11. The van der Waals surface area contributed by atoms with Gasteiger partial charge in [0.2, 0.25) is 0 Å². The second kappa shape index (κ2) is 9.05. The third kappa shape index (κ3) is 4.91. The standard InChI is InChI=1S/C16H21ClN4.HI/c1-18-16(19-11-13-7-4-5-9-15(13)17)21(3)12-14-8-6-10-20(14)2;/h4-10H,11-12H2,1-3H3,(H,18,19);1H. The van der Waals surface area contributed by atoms with Crippen molar-refractivity contribution in [3.05, 3.63) is 58.9 Å². The topological polar surface area (TPSA) is 32.6 Å². The molecule has 0 saturated heterocycles. The molecular formula is C16H22ClIN4. The third-order valence-corrected chi connectivity index (χ3v) is 3.79. The Morgan fingerprint density at radius 1 is 1.27 bits per heavy atom. The third-order valence-electron chi connectivity index (χ3n) is 3.42. The maximum absolute atomic E-state index is 6.17. The Morgan fingerprint density at radius 2 is 2.00 bits per heavy atom.